The molecule has 3 N–H and O–H groups in total. The van der Waals surface area contributed by atoms with Crippen LogP contribution in [0.4, 0.5) is 23.1 Å². The predicted octanol–water partition coefficient (Wildman–Crippen LogP) is 2.40. The zero-order valence-corrected chi connectivity index (χ0v) is 12.1. The molecular weight excluding hydrogens is 268 g/mol. The number of aromatic nitrogens is 3. The molecule has 0 saturated heterocycles. The minimum absolute atomic E-state index is 0.0950. The van der Waals surface area contributed by atoms with Crippen molar-refractivity contribution in [3.8, 4) is 0 Å². The van der Waals surface area contributed by atoms with Gasteiger partial charge in [0.15, 0.2) is 5.82 Å². The first-order valence-electron chi connectivity index (χ1n) is 6.75. The van der Waals surface area contributed by atoms with Crippen LogP contribution in [0.15, 0.2) is 30.5 Å². The second kappa shape index (κ2) is 7.18. The molecule has 0 spiro atoms. The van der Waals surface area contributed by atoms with E-state index >= 15 is 0 Å². The van der Waals surface area contributed by atoms with Gasteiger partial charge in [0.05, 0.1) is 6.20 Å². The van der Waals surface area contributed by atoms with Crippen molar-refractivity contribution in [3.63, 3.8) is 0 Å². The fourth-order valence-electron chi connectivity index (χ4n) is 1.66. The lowest BCUT2D eigenvalue weighted by Crippen LogP contribution is -2.07. The van der Waals surface area contributed by atoms with E-state index in [2.05, 4.69) is 38.1 Å². The van der Waals surface area contributed by atoms with Gasteiger partial charge in [0.25, 0.3) is 0 Å². The van der Waals surface area contributed by atoms with Crippen molar-refractivity contribution in [3.05, 3.63) is 30.5 Å². The number of hydrogen-bond donors (Lipinski definition) is 3. The van der Waals surface area contributed by atoms with Gasteiger partial charge in [-0.2, -0.15) is 10.1 Å². The third-order valence-corrected chi connectivity index (χ3v) is 2.57. The first-order chi connectivity index (χ1) is 10.2. The molecule has 0 aliphatic heterocycles. The lowest BCUT2D eigenvalue weighted by Gasteiger charge is -2.08. The maximum atomic E-state index is 11.0. The van der Waals surface area contributed by atoms with Crippen LogP contribution in [0.3, 0.4) is 0 Å². The third-order valence-electron chi connectivity index (χ3n) is 2.57. The van der Waals surface area contributed by atoms with E-state index < -0.39 is 0 Å². The Kier molecular flexibility index (Phi) is 5.03. The number of carbonyl (C=O) groups is 1. The summed E-state index contributed by atoms with van der Waals surface area (Å²) in [5, 5.41) is 16.7. The summed E-state index contributed by atoms with van der Waals surface area (Å²) in [6, 6.07) is 7.34. The molecule has 110 valence electrons. The zero-order chi connectivity index (χ0) is 15.1. The number of amides is 1. The molecule has 0 fully saturated rings. The van der Waals surface area contributed by atoms with Gasteiger partial charge in [-0.3, -0.25) is 4.79 Å². The molecule has 0 saturated carbocycles. The largest absolute Gasteiger partial charge is 0.353 e. The van der Waals surface area contributed by atoms with Crippen LogP contribution in [0, 0.1) is 0 Å². The van der Waals surface area contributed by atoms with Crippen LogP contribution in [0.1, 0.15) is 20.3 Å². The van der Waals surface area contributed by atoms with Gasteiger partial charge in [0.2, 0.25) is 11.9 Å². The first kappa shape index (κ1) is 14.7. The average Bonchev–Trinajstić information content (AvgIpc) is 2.47. The molecule has 0 bridgehead atoms. The Morgan fingerprint density at radius 1 is 1.19 bits per heavy atom. The third kappa shape index (κ3) is 4.72. The standard InChI is InChI=1S/C14H18N6O/c1-3-8-15-14-19-13(9-16-20-14)18-12-6-4-11(5-7-12)17-10(2)21/h4-7,9H,3,8H2,1-2H3,(H,17,21)(H2,15,18,19,20). The summed E-state index contributed by atoms with van der Waals surface area (Å²) in [4.78, 5) is 15.3. The molecule has 1 amide bonds. The fourth-order valence-corrected chi connectivity index (χ4v) is 1.66. The quantitative estimate of drug-likeness (QED) is 0.755. The van der Waals surface area contributed by atoms with Crippen molar-refractivity contribution >= 4 is 29.0 Å². The highest BCUT2D eigenvalue weighted by atomic mass is 16.1. The van der Waals surface area contributed by atoms with Crippen molar-refractivity contribution in [2.45, 2.75) is 20.3 Å². The van der Waals surface area contributed by atoms with Crippen molar-refractivity contribution in [1.29, 1.82) is 0 Å². The van der Waals surface area contributed by atoms with Crippen molar-refractivity contribution in [1.82, 2.24) is 15.2 Å². The van der Waals surface area contributed by atoms with E-state index in [9.17, 15) is 4.79 Å². The molecule has 1 aromatic carbocycles. The van der Waals surface area contributed by atoms with Crippen molar-refractivity contribution in [2.24, 2.45) is 0 Å². The van der Waals surface area contributed by atoms with Gasteiger partial charge >= 0.3 is 0 Å². The number of nitrogens with zero attached hydrogens (tertiary/aromatic N) is 3. The molecule has 1 heterocycles. The SMILES string of the molecule is CCCNc1nncc(Nc2ccc(NC(C)=O)cc2)n1. The lowest BCUT2D eigenvalue weighted by molar-refractivity contribution is -0.114. The molecule has 0 aliphatic rings. The Morgan fingerprint density at radius 2 is 1.90 bits per heavy atom. The van der Waals surface area contributed by atoms with Crippen LogP contribution in [-0.2, 0) is 4.79 Å². The van der Waals surface area contributed by atoms with Gasteiger partial charge in [-0.05, 0) is 30.7 Å². The summed E-state index contributed by atoms with van der Waals surface area (Å²) >= 11 is 0. The van der Waals surface area contributed by atoms with Gasteiger partial charge < -0.3 is 16.0 Å². The maximum Gasteiger partial charge on any atom is 0.244 e. The van der Waals surface area contributed by atoms with Crippen LogP contribution in [0.2, 0.25) is 0 Å². The van der Waals surface area contributed by atoms with Gasteiger partial charge in [-0.25, -0.2) is 0 Å². The molecule has 0 atom stereocenters. The predicted molar refractivity (Wildman–Crippen MR) is 82.6 cm³/mol. The van der Waals surface area contributed by atoms with E-state index in [-0.39, 0.29) is 5.91 Å². The molecular formula is C14H18N6O. The highest BCUT2D eigenvalue weighted by Gasteiger charge is 2.01. The Balaban J connectivity index is 2.02. The molecule has 2 rings (SSSR count). The van der Waals surface area contributed by atoms with E-state index in [1.807, 2.05) is 24.3 Å². The number of hydrogen-bond acceptors (Lipinski definition) is 6. The molecule has 7 heteroatoms. The Morgan fingerprint density at radius 3 is 2.57 bits per heavy atom. The Bertz CT molecular complexity index is 599. The van der Waals surface area contributed by atoms with Gasteiger partial charge in [0.1, 0.15) is 0 Å². The van der Waals surface area contributed by atoms with E-state index in [1.165, 1.54) is 6.92 Å². The van der Waals surface area contributed by atoms with Crippen LogP contribution in [0.5, 0.6) is 0 Å². The van der Waals surface area contributed by atoms with E-state index in [1.54, 1.807) is 6.20 Å². The number of benzene rings is 1. The highest BCUT2D eigenvalue weighted by molar-refractivity contribution is 5.88. The van der Waals surface area contributed by atoms with E-state index in [4.69, 9.17) is 0 Å². The summed E-state index contributed by atoms with van der Waals surface area (Å²) in [5.41, 5.74) is 1.60. The fraction of sp³-hybridized carbons (Fsp3) is 0.286. The van der Waals surface area contributed by atoms with E-state index in [0.717, 1.165) is 24.3 Å². The van der Waals surface area contributed by atoms with Crippen LogP contribution < -0.4 is 16.0 Å². The molecule has 0 radical (unpaired) electrons. The smallest absolute Gasteiger partial charge is 0.244 e. The van der Waals surface area contributed by atoms with Crippen molar-refractivity contribution < 1.29 is 4.79 Å². The molecule has 0 unspecified atom stereocenters. The summed E-state index contributed by atoms with van der Waals surface area (Å²) in [6.07, 6.45) is 2.55. The summed E-state index contributed by atoms with van der Waals surface area (Å²) in [5.74, 6) is 1.01. The van der Waals surface area contributed by atoms with Gasteiger partial charge in [-0.15, -0.1) is 5.10 Å². The van der Waals surface area contributed by atoms with E-state index in [0.29, 0.717) is 11.8 Å². The topological polar surface area (TPSA) is 91.8 Å². The van der Waals surface area contributed by atoms with Crippen LogP contribution in [0.25, 0.3) is 0 Å². The number of carbonyl (C=O) groups excluding carboxylic acids is 1. The second-order valence-electron chi connectivity index (χ2n) is 4.48. The molecule has 21 heavy (non-hydrogen) atoms. The van der Waals surface area contributed by atoms with Gasteiger partial charge in [-0.1, -0.05) is 6.92 Å². The monoisotopic (exact) mass is 286 g/mol. The van der Waals surface area contributed by atoms with Crippen LogP contribution in [-0.4, -0.2) is 27.6 Å². The second-order valence-corrected chi connectivity index (χ2v) is 4.48. The average molecular weight is 286 g/mol. The van der Waals surface area contributed by atoms with Crippen LogP contribution >= 0.6 is 0 Å². The molecule has 2 aromatic rings. The zero-order valence-electron chi connectivity index (χ0n) is 12.1. The summed E-state index contributed by atoms with van der Waals surface area (Å²) < 4.78 is 0. The number of anilines is 4. The number of rotatable bonds is 6. The van der Waals surface area contributed by atoms with Gasteiger partial charge in [0, 0.05) is 24.8 Å². The molecule has 1 aromatic heterocycles. The summed E-state index contributed by atoms with van der Waals surface area (Å²) in [6.45, 7) is 4.35. The Hall–Kier alpha value is -2.70. The Labute approximate surface area is 123 Å². The minimum Gasteiger partial charge on any atom is -0.353 e. The minimum atomic E-state index is -0.0950. The normalized spacial score (nSPS) is 10.0. The first-order valence-corrected chi connectivity index (χ1v) is 6.75. The summed E-state index contributed by atoms with van der Waals surface area (Å²) in [7, 11) is 0. The number of nitrogens with one attached hydrogen (secondary N) is 3. The molecule has 7 nitrogen and oxygen atoms in total. The molecule has 0 aliphatic carbocycles. The highest BCUT2D eigenvalue weighted by Crippen LogP contribution is 2.17. The van der Waals surface area contributed by atoms with Crippen molar-refractivity contribution in [2.75, 3.05) is 22.5 Å². The lowest BCUT2D eigenvalue weighted by atomic mass is 10.3. The maximum absolute atomic E-state index is 11.0.